The monoisotopic (exact) mass is 975 g/mol. The number of nitrogens with one attached hydrogen (secondary N) is 4. The molecule has 1 aromatic carbocycles. The number of unbranched alkanes of at least 4 members (excludes halogenated alkanes) is 1. The highest BCUT2D eigenvalue weighted by Crippen LogP contribution is 2.18. The fourth-order valence-corrected chi connectivity index (χ4v) is 8.46. The predicted molar refractivity (Wildman–Crippen MR) is 243 cm³/mol. The smallest absolute Gasteiger partial charge is 0.412 e. The molecule has 4 bridgehead atoms. The lowest BCUT2D eigenvalue weighted by Crippen LogP contribution is -2.53. The van der Waals surface area contributed by atoms with Crippen molar-refractivity contribution in [2.45, 2.75) is 56.7 Å². The minimum atomic E-state index is -1.86. The first-order valence-electron chi connectivity index (χ1n) is 21.7. The molecule has 4 heterocycles. The molecule has 366 valence electrons. The van der Waals surface area contributed by atoms with Crippen LogP contribution in [0.4, 0.5) is 5.69 Å². The minimum Gasteiger partial charge on any atom is -0.480 e. The molecule has 3 saturated heterocycles. The number of rotatable bonds is 19. The van der Waals surface area contributed by atoms with E-state index >= 15 is 0 Å². The number of amides is 4. The van der Waals surface area contributed by atoms with E-state index < -0.39 is 84.6 Å². The Morgan fingerprint density at radius 3 is 2.01 bits per heavy atom. The number of fused-ring (bicyclic) bond motifs is 7. The van der Waals surface area contributed by atoms with Crippen molar-refractivity contribution in [3.8, 4) is 0 Å². The lowest BCUT2D eigenvalue weighted by molar-refractivity contribution is -0.258. The summed E-state index contributed by atoms with van der Waals surface area (Å²) >= 11 is 7.06. The third-order valence-electron chi connectivity index (χ3n) is 11.2. The summed E-state index contributed by atoms with van der Waals surface area (Å²) in [5, 5.41) is 30.6. The molecule has 0 aliphatic carbocycles. The van der Waals surface area contributed by atoms with Gasteiger partial charge in [-0.3, -0.25) is 62.9 Å². The van der Waals surface area contributed by atoms with E-state index in [4.69, 9.17) is 26.4 Å². The molecule has 5 unspecified atom stereocenters. The average Bonchev–Trinajstić information content (AvgIpc) is 3.57. The molecule has 7 atom stereocenters. The number of imide groups is 1. The van der Waals surface area contributed by atoms with Crippen LogP contribution in [0.3, 0.4) is 0 Å². The van der Waals surface area contributed by atoms with Gasteiger partial charge in [-0.05, 0) is 74.0 Å². The van der Waals surface area contributed by atoms with Crippen LogP contribution in [0.5, 0.6) is 0 Å². The van der Waals surface area contributed by atoms with Gasteiger partial charge in [0.15, 0.2) is 5.11 Å². The van der Waals surface area contributed by atoms with Crippen LogP contribution < -0.4 is 21.3 Å². The number of esters is 3. The van der Waals surface area contributed by atoms with Gasteiger partial charge in [-0.15, -0.1) is 0 Å². The van der Waals surface area contributed by atoms with Crippen LogP contribution in [0.25, 0.3) is 0 Å². The number of anilines is 1. The summed E-state index contributed by atoms with van der Waals surface area (Å²) in [5.41, 5.74) is 1.40. The number of carboxylic acid groups (broad SMARTS) is 2. The zero-order chi connectivity index (χ0) is 48.5. The van der Waals surface area contributed by atoms with E-state index in [-0.39, 0.29) is 57.3 Å². The van der Waals surface area contributed by atoms with E-state index in [1.807, 2.05) is 28.2 Å². The van der Waals surface area contributed by atoms with Crippen molar-refractivity contribution in [1.82, 2.24) is 40.4 Å². The molecule has 1 aromatic rings. The number of carbonyl (C=O) groups excluding carboxylic acids is 7. The number of thiocarbonyl (C=S) groups is 1. The van der Waals surface area contributed by atoms with Crippen molar-refractivity contribution in [3.05, 3.63) is 42.0 Å². The zero-order valence-corrected chi connectivity index (χ0v) is 38.7. The Hall–Kier alpha value is -5.73. The van der Waals surface area contributed by atoms with Gasteiger partial charge in [-0.25, -0.2) is 4.79 Å². The molecule has 4 aliphatic heterocycles. The predicted octanol–water partition coefficient (Wildman–Crippen LogP) is -1.97. The van der Waals surface area contributed by atoms with Crippen LogP contribution in [0, 0.1) is 0 Å². The molecule has 0 spiro atoms. The number of carboxylic acids is 2. The van der Waals surface area contributed by atoms with E-state index in [0.717, 1.165) is 22.6 Å². The van der Waals surface area contributed by atoms with Crippen molar-refractivity contribution in [2.24, 2.45) is 0 Å². The van der Waals surface area contributed by atoms with Gasteiger partial charge in [0, 0.05) is 76.2 Å². The molecule has 67 heavy (non-hydrogen) atoms. The van der Waals surface area contributed by atoms with Gasteiger partial charge in [-0.2, -0.15) is 11.8 Å². The first kappa shape index (κ1) is 52.2. The van der Waals surface area contributed by atoms with Gasteiger partial charge in [0.1, 0.15) is 12.1 Å². The standard InChI is InChI=1S/C42H57N9O14S2/c1-67-19-11-30(39(60)43-21-32(52)45-31(40(61)62)4-2-3-12-51-33(53)9-10-34(51)54)46-41(66)44-28-7-5-27(6-8-28)20-29-22-49(23-35(55)56)16-15-47-13-14-48-17-18-50(29)26-38(59)65-42(63-36(57)24-47)64-37(58)25-48/h5-10,29-31,42H,2-4,11-26H2,1H3,(H,43,60)(H,45,52)(H,55,56)(H,61,62)(H2,44,46,66)/t29?,30-,31-,42?/m0/s1. The van der Waals surface area contributed by atoms with E-state index in [1.165, 1.54) is 11.8 Å². The Morgan fingerprint density at radius 2 is 1.40 bits per heavy atom. The lowest BCUT2D eigenvalue weighted by atomic mass is 10.0. The van der Waals surface area contributed by atoms with Crippen molar-refractivity contribution in [1.29, 1.82) is 0 Å². The maximum absolute atomic E-state index is 13.3. The Kier molecular flexibility index (Phi) is 20.3. The Morgan fingerprint density at radius 1 is 0.791 bits per heavy atom. The largest absolute Gasteiger partial charge is 0.480 e. The highest BCUT2D eigenvalue weighted by Gasteiger charge is 2.34. The van der Waals surface area contributed by atoms with Crippen LogP contribution in [0.15, 0.2) is 36.4 Å². The third-order valence-corrected chi connectivity index (χ3v) is 12.1. The number of hydrogen-bond acceptors (Lipinski definition) is 18. The molecule has 25 heteroatoms. The summed E-state index contributed by atoms with van der Waals surface area (Å²) in [6.45, 7) is -0.892. The number of hydrogen-bond donors (Lipinski definition) is 6. The van der Waals surface area contributed by atoms with Gasteiger partial charge in [0.2, 0.25) is 11.8 Å². The second-order valence-electron chi connectivity index (χ2n) is 16.2. The second-order valence-corrected chi connectivity index (χ2v) is 17.6. The van der Waals surface area contributed by atoms with Crippen LogP contribution in [0.2, 0.25) is 0 Å². The third kappa shape index (κ3) is 17.5. The number of benzene rings is 1. The van der Waals surface area contributed by atoms with Gasteiger partial charge >= 0.3 is 36.3 Å². The van der Waals surface area contributed by atoms with Gasteiger partial charge in [-0.1, -0.05) is 12.1 Å². The molecule has 4 aliphatic rings. The number of nitrogens with zero attached hydrogens (tertiary/aromatic N) is 5. The van der Waals surface area contributed by atoms with Crippen molar-refractivity contribution in [3.63, 3.8) is 0 Å². The summed E-state index contributed by atoms with van der Waals surface area (Å²) in [7, 11) is 0. The number of ether oxygens (including phenoxy) is 3. The van der Waals surface area contributed by atoms with Crippen LogP contribution in [-0.2, 0) is 63.8 Å². The van der Waals surface area contributed by atoms with Gasteiger partial charge in [0.05, 0.1) is 32.7 Å². The molecule has 6 N–H and O–H groups in total. The summed E-state index contributed by atoms with van der Waals surface area (Å²) in [6, 6.07) is 4.68. The lowest BCUT2D eigenvalue weighted by Gasteiger charge is -2.38. The van der Waals surface area contributed by atoms with Crippen LogP contribution >= 0.6 is 24.0 Å². The average molecular weight is 976 g/mol. The van der Waals surface area contributed by atoms with Crippen molar-refractivity contribution < 1.29 is 67.6 Å². The van der Waals surface area contributed by atoms with Gasteiger partial charge < -0.3 is 45.7 Å². The van der Waals surface area contributed by atoms with E-state index in [0.29, 0.717) is 69.8 Å². The first-order valence-corrected chi connectivity index (χ1v) is 23.6. The topological polar surface area (TPSA) is 286 Å². The molecule has 23 nitrogen and oxygen atoms in total. The Bertz CT molecular complexity index is 2010. The molecule has 0 radical (unpaired) electrons. The quantitative estimate of drug-likeness (QED) is 0.0380. The molecule has 0 aromatic heterocycles. The summed E-state index contributed by atoms with van der Waals surface area (Å²) < 4.78 is 15.8. The highest BCUT2D eigenvalue weighted by atomic mass is 32.2. The zero-order valence-electron chi connectivity index (χ0n) is 37.1. The first-order chi connectivity index (χ1) is 32.0. The molecular formula is C42H57N9O14S2. The molecule has 3 fully saturated rings. The number of carbonyl (C=O) groups is 9. The van der Waals surface area contributed by atoms with Gasteiger partial charge in [0.25, 0.3) is 11.8 Å². The molecule has 0 saturated carbocycles. The summed E-state index contributed by atoms with van der Waals surface area (Å²) in [6.07, 6.45) is 5.58. The molecule has 5 rings (SSSR count). The van der Waals surface area contributed by atoms with E-state index in [2.05, 4.69) is 21.3 Å². The fraction of sp³-hybridized carbons (Fsp3) is 0.571. The van der Waals surface area contributed by atoms with Crippen LogP contribution in [-0.4, -0.2) is 215 Å². The SMILES string of the molecule is CSCC[C@H](NC(=S)Nc1ccc(CC2CN(CC(=O)O)CCN3CCN4CCN2CC(=O)OC(OC(=O)C3)OC(=O)C4)cc1)C(=O)NCC(=O)N[C@@H](CCCCN1C(=O)C=CC1=O)C(=O)O. The van der Waals surface area contributed by atoms with Crippen molar-refractivity contribution in [2.75, 3.05) is 102 Å². The van der Waals surface area contributed by atoms with Crippen molar-refractivity contribution >= 4 is 88.3 Å². The number of aliphatic carboxylic acids is 2. The minimum absolute atomic E-state index is 0.0395. The van der Waals surface area contributed by atoms with E-state index in [1.54, 1.807) is 21.9 Å². The summed E-state index contributed by atoms with van der Waals surface area (Å²) in [4.78, 5) is 121. The highest BCUT2D eigenvalue weighted by molar-refractivity contribution is 7.98. The Balaban J connectivity index is 1.20. The molecular weight excluding hydrogens is 919 g/mol. The van der Waals surface area contributed by atoms with E-state index in [9.17, 15) is 53.4 Å². The second kappa shape index (κ2) is 26.0. The normalized spacial score (nSPS) is 23.5. The summed E-state index contributed by atoms with van der Waals surface area (Å²) in [5.74, 6) is -6.19. The number of thioether (sulfide) groups is 1. The molecule has 4 amide bonds. The van der Waals surface area contributed by atoms with Crippen LogP contribution in [0.1, 0.15) is 31.2 Å². The maximum Gasteiger partial charge on any atom is 0.412 e. The Labute approximate surface area is 396 Å². The maximum atomic E-state index is 13.3. The fourth-order valence-electron chi connectivity index (χ4n) is 7.73.